The van der Waals surface area contributed by atoms with Crippen molar-refractivity contribution in [1.82, 2.24) is 19.6 Å². The number of allylic oxidation sites excluding steroid dienone is 1. The molecule has 1 aliphatic rings. The number of fused-ring (bicyclic) bond motifs is 2. The van der Waals surface area contributed by atoms with E-state index in [0.29, 0.717) is 17.8 Å². The van der Waals surface area contributed by atoms with Gasteiger partial charge in [-0.2, -0.15) is 9.61 Å². The van der Waals surface area contributed by atoms with Gasteiger partial charge in [-0.25, -0.2) is 9.37 Å². The molecule has 0 saturated heterocycles. The number of aromatic hydroxyl groups is 1. The number of nitrogens with one attached hydrogen (secondary N) is 1. The van der Waals surface area contributed by atoms with E-state index >= 15 is 0 Å². The second kappa shape index (κ2) is 7.26. The number of rotatable bonds is 5. The monoisotopic (exact) mass is 401 g/mol. The first-order chi connectivity index (χ1) is 14.6. The van der Waals surface area contributed by atoms with E-state index in [9.17, 15) is 9.50 Å². The molecule has 0 fully saturated rings. The first kappa shape index (κ1) is 18.3. The number of aryl methyl sites for hydroxylation is 1. The van der Waals surface area contributed by atoms with E-state index < -0.39 is 5.82 Å². The standard InChI is InChI=1S/C23H20FN5O/c1-14-11-27-29-22(10-21(28-23(14)29)17-8-18(24)13-25-12-17)26-7-6-16-3-2-15-4-5-19(30)9-20(15)16/h3-5,8-13,26,30H,2,6-7H2,1H3. The van der Waals surface area contributed by atoms with Gasteiger partial charge in [0.15, 0.2) is 5.65 Å². The molecule has 30 heavy (non-hydrogen) atoms. The van der Waals surface area contributed by atoms with Gasteiger partial charge in [-0.15, -0.1) is 0 Å². The topological polar surface area (TPSA) is 75.3 Å². The highest BCUT2D eigenvalue weighted by molar-refractivity contribution is 5.74. The number of hydrogen-bond acceptors (Lipinski definition) is 5. The average Bonchev–Trinajstić information content (AvgIpc) is 3.31. The number of phenols is 1. The first-order valence-corrected chi connectivity index (χ1v) is 9.80. The lowest BCUT2D eigenvalue weighted by Crippen LogP contribution is -2.08. The molecule has 1 aliphatic carbocycles. The van der Waals surface area contributed by atoms with Gasteiger partial charge in [-0.05, 0) is 54.7 Å². The Balaban J connectivity index is 1.42. The van der Waals surface area contributed by atoms with Crippen LogP contribution in [-0.4, -0.2) is 31.2 Å². The number of hydrogen-bond donors (Lipinski definition) is 2. The van der Waals surface area contributed by atoms with E-state index in [0.717, 1.165) is 35.4 Å². The molecule has 0 atom stereocenters. The summed E-state index contributed by atoms with van der Waals surface area (Å²) < 4.78 is 15.4. The molecule has 2 N–H and O–H groups in total. The van der Waals surface area contributed by atoms with E-state index in [1.54, 1.807) is 23.0 Å². The van der Waals surface area contributed by atoms with Crippen LogP contribution in [0.25, 0.3) is 22.5 Å². The predicted octanol–water partition coefficient (Wildman–Crippen LogP) is 4.39. The minimum absolute atomic E-state index is 0.283. The number of anilines is 1. The molecule has 7 heteroatoms. The van der Waals surface area contributed by atoms with Crippen molar-refractivity contribution in [2.75, 3.05) is 11.9 Å². The van der Waals surface area contributed by atoms with E-state index in [1.165, 1.54) is 23.4 Å². The highest BCUT2D eigenvalue weighted by Gasteiger charge is 2.15. The van der Waals surface area contributed by atoms with Crippen LogP contribution in [0.3, 0.4) is 0 Å². The van der Waals surface area contributed by atoms with Crippen molar-refractivity contribution in [3.8, 4) is 17.0 Å². The lowest BCUT2D eigenvalue weighted by molar-refractivity contribution is 0.475. The molecule has 0 radical (unpaired) electrons. The fraction of sp³-hybridized carbons (Fsp3) is 0.174. The summed E-state index contributed by atoms with van der Waals surface area (Å²) in [4.78, 5) is 8.58. The molecule has 3 aromatic heterocycles. The highest BCUT2D eigenvalue weighted by Crippen LogP contribution is 2.32. The maximum atomic E-state index is 13.7. The summed E-state index contributed by atoms with van der Waals surface area (Å²) in [7, 11) is 0. The lowest BCUT2D eigenvalue weighted by Gasteiger charge is -2.12. The third kappa shape index (κ3) is 3.28. The molecule has 3 heterocycles. The summed E-state index contributed by atoms with van der Waals surface area (Å²) >= 11 is 0. The largest absolute Gasteiger partial charge is 0.508 e. The Morgan fingerprint density at radius 1 is 1.17 bits per heavy atom. The van der Waals surface area contributed by atoms with Crippen molar-refractivity contribution in [3.05, 3.63) is 77.5 Å². The van der Waals surface area contributed by atoms with Crippen LogP contribution in [0.1, 0.15) is 23.1 Å². The molecule has 0 unspecified atom stereocenters. The van der Waals surface area contributed by atoms with Crippen LogP contribution in [0.5, 0.6) is 5.75 Å². The van der Waals surface area contributed by atoms with Crippen LogP contribution in [0.4, 0.5) is 10.2 Å². The Hall–Kier alpha value is -3.74. The van der Waals surface area contributed by atoms with Gasteiger partial charge >= 0.3 is 0 Å². The molecule has 0 bridgehead atoms. The second-order valence-corrected chi connectivity index (χ2v) is 7.43. The molecule has 5 rings (SSSR count). The molecule has 1 aromatic carbocycles. The summed E-state index contributed by atoms with van der Waals surface area (Å²) in [6.07, 6.45) is 8.44. The zero-order valence-corrected chi connectivity index (χ0v) is 16.4. The number of nitrogens with zero attached hydrogens (tertiary/aromatic N) is 4. The summed E-state index contributed by atoms with van der Waals surface area (Å²) in [6.45, 7) is 2.62. The van der Waals surface area contributed by atoms with E-state index in [4.69, 9.17) is 0 Å². The van der Waals surface area contributed by atoms with Gasteiger partial charge in [0, 0.05) is 29.9 Å². The maximum Gasteiger partial charge on any atom is 0.160 e. The molecular weight excluding hydrogens is 381 g/mol. The van der Waals surface area contributed by atoms with E-state index in [2.05, 4.69) is 26.5 Å². The van der Waals surface area contributed by atoms with Crippen molar-refractivity contribution in [2.45, 2.75) is 19.8 Å². The number of benzene rings is 1. The molecular formula is C23H20FN5O. The van der Waals surface area contributed by atoms with Gasteiger partial charge in [-0.3, -0.25) is 4.98 Å². The summed E-state index contributed by atoms with van der Waals surface area (Å²) in [5.41, 5.74) is 6.46. The third-order valence-electron chi connectivity index (χ3n) is 5.36. The van der Waals surface area contributed by atoms with Crippen molar-refractivity contribution < 1.29 is 9.50 Å². The van der Waals surface area contributed by atoms with Gasteiger partial charge in [0.2, 0.25) is 0 Å². The normalized spacial score (nSPS) is 12.8. The second-order valence-electron chi connectivity index (χ2n) is 7.43. The summed E-state index contributed by atoms with van der Waals surface area (Å²) in [6, 6.07) is 8.81. The third-order valence-corrected chi connectivity index (χ3v) is 5.36. The van der Waals surface area contributed by atoms with E-state index in [-0.39, 0.29) is 5.75 Å². The van der Waals surface area contributed by atoms with Crippen LogP contribution in [0.2, 0.25) is 0 Å². The Kier molecular flexibility index (Phi) is 4.43. The minimum atomic E-state index is -0.399. The Labute approximate surface area is 172 Å². The maximum absolute atomic E-state index is 13.7. The number of aromatic nitrogens is 4. The van der Waals surface area contributed by atoms with Gasteiger partial charge in [0.1, 0.15) is 17.4 Å². The van der Waals surface area contributed by atoms with Gasteiger partial charge in [0.25, 0.3) is 0 Å². The number of halogens is 1. The lowest BCUT2D eigenvalue weighted by atomic mass is 10.0. The Morgan fingerprint density at radius 2 is 2.07 bits per heavy atom. The van der Waals surface area contributed by atoms with Gasteiger partial charge in [0.05, 0.1) is 18.1 Å². The minimum Gasteiger partial charge on any atom is -0.508 e. The number of phenolic OH excluding ortho intramolecular Hbond substituents is 1. The van der Waals surface area contributed by atoms with Crippen LogP contribution in [0.15, 0.2) is 55.0 Å². The van der Waals surface area contributed by atoms with E-state index in [1.807, 2.05) is 25.1 Å². The summed E-state index contributed by atoms with van der Waals surface area (Å²) in [5.74, 6) is 0.664. The van der Waals surface area contributed by atoms with Crippen molar-refractivity contribution in [1.29, 1.82) is 0 Å². The van der Waals surface area contributed by atoms with Crippen LogP contribution >= 0.6 is 0 Å². The zero-order chi connectivity index (χ0) is 20.7. The van der Waals surface area contributed by atoms with Crippen molar-refractivity contribution >= 4 is 17.0 Å². The highest BCUT2D eigenvalue weighted by atomic mass is 19.1. The van der Waals surface area contributed by atoms with Gasteiger partial charge < -0.3 is 10.4 Å². The van der Waals surface area contributed by atoms with Crippen LogP contribution in [0, 0.1) is 12.7 Å². The quantitative estimate of drug-likeness (QED) is 0.519. The van der Waals surface area contributed by atoms with Crippen molar-refractivity contribution in [2.24, 2.45) is 0 Å². The zero-order valence-electron chi connectivity index (χ0n) is 16.4. The molecule has 0 spiro atoms. The predicted molar refractivity (Wildman–Crippen MR) is 114 cm³/mol. The molecule has 6 nitrogen and oxygen atoms in total. The van der Waals surface area contributed by atoms with Crippen LogP contribution in [-0.2, 0) is 6.42 Å². The number of pyridine rings is 1. The summed E-state index contributed by atoms with van der Waals surface area (Å²) in [5, 5.41) is 17.7. The molecule has 0 amide bonds. The molecule has 0 saturated carbocycles. The SMILES string of the molecule is Cc1cnn2c(NCCC3=CCc4ccc(O)cc43)cc(-c3cncc(F)c3)nc12. The molecule has 150 valence electrons. The van der Waals surface area contributed by atoms with Crippen LogP contribution < -0.4 is 5.32 Å². The Morgan fingerprint density at radius 3 is 2.93 bits per heavy atom. The molecule has 0 aliphatic heterocycles. The van der Waals surface area contributed by atoms with Crippen molar-refractivity contribution in [3.63, 3.8) is 0 Å². The fourth-order valence-corrected chi connectivity index (χ4v) is 3.84. The smallest absolute Gasteiger partial charge is 0.160 e. The fourth-order valence-electron chi connectivity index (χ4n) is 3.84. The first-order valence-electron chi connectivity index (χ1n) is 9.80. The molecule has 4 aromatic rings. The average molecular weight is 401 g/mol. The van der Waals surface area contributed by atoms with Gasteiger partial charge in [-0.1, -0.05) is 12.1 Å². The Bertz CT molecular complexity index is 1290.